The molecule has 1 saturated carbocycles. The Labute approximate surface area is 105 Å². The van der Waals surface area contributed by atoms with Crippen LogP contribution in [0, 0.1) is 11.8 Å². The van der Waals surface area contributed by atoms with E-state index in [9.17, 15) is 9.59 Å². The van der Waals surface area contributed by atoms with Crippen LogP contribution in [0.4, 0.5) is 0 Å². The summed E-state index contributed by atoms with van der Waals surface area (Å²) in [6.07, 6.45) is 3.58. The highest BCUT2D eigenvalue weighted by atomic mass is 16.4. The summed E-state index contributed by atoms with van der Waals surface area (Å²) in [6, 6.07) is 3.31. The van der Waals surface area contributed by atoms with Crippen LogP contribution in [0.25, 0.3) is 0 Å². The Bertz CT molecular complexity index is 426. The number of hydrogen-bond donors (Lipinski definition) is 2. The fourth-order valence-electron chi connectivity index (χ4n) is 2.50. The Morgan fingerprint density at radius 3 is 2.78 bits per heavy atom. The van der Waals surface area contributed by atoms with Crippen molar-refractivity contribution in [2.45, 2.75) is 32.2 Å². The van der Waals surface area contributed by atoms with Crippen LogP contribution in [0.5, 0.6) is 0 Å². The average Bonchev–Trinajstić information content (AvgIpc) is 3.00. The van der Waals surface area contributed by atoms with Crippen molar-refractivity contribution in [3.05, 3.63) is 24.2 Å². The third-order valence-corrected chi connectivity index (χ3v) is 3.50. The molecule has 18 heavy (non-hydrogen) atoms. The largest absolute Gasteiger partial charge is 0.481 e. The highest BCUT2D eigenvalue weighted by Crippen LogP contribution is 2.32. The summed E-state index contributed by atoms with van der Waals surface area (Å²) < 4.78 is 5.20. The van der Waals surface area contributed by atoms with Crippen molar-refractivity contribution in [2.24, 2.45) is 11.8 Å². The molecule has 0 unspecified atom stereocenters. The predicted octanol–water partition coefficient (Wildman–Crippen LogP) is 1.96. The molecule has 0 saturated heterocycles. The number of carboxylic acid groups (broad SMARTS) is 1. The maximum absolute atomic E-state index is 12.0. The van der Waals surface area contributed by atoms with Crippen LogP contribution in [-0.2, 0) is 9.59 Å². The molecule has 3 atom stereocenters. The van der Waals surface area contributed by atoms with Crippen LogP contribution >= 0.6 is 0 Å². The van der Waals surface area contributed by atoms with Crippen LogP contribution < -0.4 is 5.32 Å². The van der Waals surface area contributed by atoms with Gasteiger partial charge in [-0.05, 0) is 31.9 Å². The molecule has 1 fully saturated rings. The van der Waals surface area contributed by atoms with Crippen molar-refractivity contribution in [3.63, 3.8) is 0 Å². The number of carbonyl (C=O) groups is 2. The maximum atomic E-state index is 12.0. The Kier molecular flexibility index (Phi) is 3.69. The van der Waals surface area contributed by atoms with Crippen LogP contribution in [0.3, 0.4) is 0 Å². The molecule has 1 aromatic rings. The Hall–Kier alpha value is -1.78. The molecule has 5 heteroatoms. The summed E-state index contributed by atoms with van der Waals surface area (Å²) in [7, 11) is 0. The van der Waals surface area contributed by atoms with E-state index in [1.807, 2.05) is 6.92 Å². The topological polar surface area (TPSA) is 79.5 Å². The first-order chi connectivity index (χ1) is 8.59. The van der Waals surface area contributed by atoms with Crippen molar-refractivity contribution in [1.82, 2.24) is 5.32 Å². The summed E-state index contributed by atoms with van der Waals surface area (Å²) in [5.74, 6) is -1.36. The van der Waals surface area contributed by atoms with Crippen molar-refractivity contribution >= 4 is 11.9 Å². The predicted molar refractivity (Wildman–Crippen MR) is 63.7 cm³/mol. The zero-order valence-corrected chi connectivity index (χ0v) is 10.3. The van der Waals surface area contributed by atoms with Crippen LogP contribution in [0.15, 0.2) is 22.8 Å². The lowest BCUT2D eigenvalue weighted by atomic mass is 9.95. The van der Waals surface area contributed by atoms with E-state index in [4.69, 9.17) is 9.52 Å². The highest BCUT2D eigenvalue weighted by molar-refractivity contribution is 5.85. The average molecular weight is 251 g/mol. The zero-order chi connectivity index (χ0) is 13.1. The monoisotopic (exact) mass is 251 g/mol. The normalized spacial score (nSPS) is 24.7. The van der Waals surface area contributed by atoms with E-state index in [1.165, 1.54) is 0 Å². The first-order valence-corrected chi connectivity index (χ1v) is 6.16. The number of hydrogen-bond acceptors (Lipinski definition) is 3. The zero-order valence-electron chi connectivity index (χ0n) is 10.3. The summed E-state index contributed by atoms with van der Waals surface area (Å²) in [6.45, 7) is 1.82. The van der Waals surface area contributed by atoms with Gasteiger partial charge in [-0.1, -0.05) is 6.42 Å². The van der Waals surface area contributed by atoms with Crippen LogP contribution in [-0.4, -0.2) is 17.0 Å². The lowest BCUT2D eigenvalue weighted by molar-refractivity contribution is -0.146. The molecule has 1 amide bonds. The molecule has 0 bridgehead atoms. The fraction of sp³-hybridized carbons (Fsp3) is 0.538. The molecule has 0 aliphatic heterocycles. The second kappa shape index (κ2) is 5.25. The van der Waals surface area contributed by atoms with E-state index in [2.05, 4.69) is 5.32 Å². The third-order valence-electron chi connectivity index (χ3n) is 3.50. The molecule has 1 aliphatic carbocycles. The van der Waals surface area contributed by atoms with Gasteiger partial charge in [0.05, 0.1) is 24.1 Å². The second-order valence-corrected chi connectivity index (χ2v) is 4.73. The molecule has 2 rings (SSSR count). The number of aliphatic carboxylic acids is 1. The van der Waals surface area contributed by atoms with E-state index < -0.39 is 17.8 Å². The molecule has 1 heterocycles. The number of furan rings is 1. The van der Waals surface area contributed by atoms with Crippen molar-refractivity contribution in [2.75, 3.05) is 0 Å². The minimum Gasteiger partial charge on any atom is -0.481 e. The van der Waals surface area contributed by atoms with Gasteiger partial charge in [-0.25, -0.2) is 0 Å². The van der Waals surface area contributed by atoms with Gasteiger partial charge in [-0.2, -0.15) is 0 Å². The van der Waals surface area contributed by atoms with E-state index >= 15 is 0 Å². The van der Waals surface area contributed by atoms with Gasteiger partial charge in [0, 0.05) is 0 Å². The van der Waals surface area contributed by atoms with Crippen molar-refractivity contribution in [1.29, 1.82) is 0 Å². The molecule has 1 aliphatic rings. The second-order valence-electron chi connectivity index (χ2n) is 4.73. The van der Waals surface area contributed by atoms with Crippen LogP contribution in [0.1, 0.15) is 38.0 Å². The summed E-state index contributed by atoms with van der Waals surface area (Å²) in [5, 5.41) is 11.9. The molecular weight excluding hydrogens is 234 g/mol. The minimum absolute atomic E-state index is 0.191. The Morgan fingerprint density at radius 2 is 2.17 bits per heavy atom. The molecule has 1 aromatic heterocycles. The first kappa shape index (κ1) is 12.7. The lowest BCUT2D eigenvalue weighted by Gasteiger charge is -2.18. The SMILES string of the molecule is C[C@@H](NC(=O)[C@@H]1CCC[C@@H]1C(=O)O)c1ccco1. The molecule has 2 N–H and O–H groups in total. The van der Waals surface area contributed by atoms with E-state index in [0.29, 0.717) is 18.6 Å². The molecule has 0 aromatic carbocycles. The third kappa shape index (κ3) is 2.55. The molecule has 0 radical (unpaired) electrons. The minimum atomic E-state index is -0.877. The lowest BCUT2D eigenvalue weighted by Crippen LogP contribution is -2.36. The van der Waals surface area contributed by atoms with Gasteiger partial charge in [0.15, 0.2) is 0 Å². The smallest absolute Gasteiger partial charge is 0.307 e. The number of carboxylic acids is 1. The van der Waals surface area contributed by atoms with Gasteiger partial charge in [-0.15, -0.1) is 0 Å². The van der Waals surface area contributed by atoms with Gasteiger partial charge in [0.2, 0.25) is 5.91 Å². The van der Waals surface area contributed by atoms with Crippen molar-refractivity contribution in [3.8, 4) is 0 Å². The number of amides is 1. The van der Waals surface area contributed by atoms with E-state index in [1.54, 1.807) is 18.4 Å². The molecule has 5 nitrogen and oxygen atoms in total. The highest BCUT2D eigenvalue weighted by Gasteiger charge is 2.38. The summed E-state index contributed by atoms with van der Waals surface area (Å²) in [5.41, 5.74) is 0. The molecule has 0 spiro atoms. The number of rotatable bonds is 4. The van der Waals surface area contributed by atoms with E-state index in [0.717, 1.165) is 6.42 Å². The summed E-state index contributed by atoms with van der Waals surface area (Å²) >= 11 is 0. The van der Waals surface area contributed by atoms with Gasteiger partial charge < -0.3 is 14.8 Å². The van der Waals surface area contributed by atoms with Crippen molar-refractivity contribution < 1.29 is 19.1 Å². The number of carbonyl (C=O) groups excluding carboxylic acids is 1. The molecular formula is C13H17NO4. The van der Waals surface area contributed by atoms with Gasteiger partial charge >= 0.3 is 5.97 Å². The van der Waals surface area contributed by atoms with Crippen LogP contribution in [0.2, 0.25) is 0 Å². The fourth-order valence-corrected chi connectivity index (χ4v) is 2.50. The first-order valence-electron chi connectivity index (χ1n) is 6.16. The van der Waals surface area contributed by atoms with Gasteiger partial charge in [-0.3, -0.25) is 9.59 Å². The summed E-state index contributed by atoms with van der Waals surface area (Å²) in [4.78, 5) is 23.1. The Morgan fingerprint density at radius 1 is 1.44 bits per heavy atom. The number of nitrogens with one attached hydrogen (secondary N) is 1. The Balaban J connectivity index is 1.97. The standard InChI is InChI=1S/C13H17NO4/c1-8(11-6-3-7-18-11)14-12(15)9-4-2-5-10(9)13(16)17/h3,6-10H,2,4-5H2,1H3,(H,14,15)(H,16,17)/t8-,9-,10+/m1/s1. The molecule has 98 valence electrons. The van der Waals surface area contributed by atoms with Gasteiger partial charge in [0.1, 0.15) is 5.76 Å². The van der Waals surface area contributed by atoms with E-state index in [-0.39, 0.29) is 11.9 Å². The maximum Gasteiger partial charge on any atom is 0.307 e. The quantitative estimate of drug-likeness (QED) is 0.857. The van der Waals surface area contributed by atoms with Gasteiger partial charge in [0.25, 0.3) is 0 Å².